The van der Waals surface area contributed by atoms with Crippen molar-refractivity contribution in [3.8, 4) is 0 Å². The number of piperidine rings is 1. The summed E-state index contributed by atoms with van der Waals surface area (Å²) in [5.74, 6) is 0.0842. The maximum Gasteiger partial charge on any atom is 0.254 e. The number of rotatable bonds is 1. The third-order valence-corrected chi connectivity index (χ3v) is 4.63. The molecule has 2 atom stereocenters. The van der Waals surface area contributed by atoms with Gasteiger partial charge in [-0.3, -0.25) is 9.89 Å². The van der Waals surface area contributed by atoms with Gasteiger partial charge in [-0.25, -0.2) is 0 Å². The van der Waals surface area contributed by atoms with Crippen molar-refractivity contribution in [2.75, 3.05) is 0 Å². The summed E-state index contributed by atoms with van der Waals surface area (Å²) >= 11 is 0. The minimum Gasteiger partial charge on any atom is -0.393 e. The fraction of sp³-hybridized carbons (Fsp3) is 0.467. The lowest BCUT2D eigenvalue weighted by molar-refractivity contribution is 0.0287. The number of fused-ring (bicyclic) bond motifs is 3. The zero-order valence-electron chi connectivity index (χ0n) is 11.1. The highest BCUT2D eigenvalue weighted by atomic mass is 16.3. The van der Waals surface area contributed by atoms with Crippen molar-refractivity contribution in [1.29, 1.82) is 0 Å². The lowest BCUT2D eigenvalue weighted by Crippen LogP contribution is -2.47. The van der Waals surface area contributed by atoms with E-state index in [1.807, 2.05) is 23.1 Å². The Morgan fingerprint density at radius 3 is 2.80 bits per heavy atom. The second-order valence-electron chi connectivity index (χ2n) is 5.89. The molecule has 2 saturated heterocycles. The van der Waals surface area contributed by atoms with E-state index in [0.717, 1.165) is 23.7 Å². The molecule has 0 saturated carbocycles. The average molecular weight is 271 g/mol. The van der Waals surface area contributed by atoms with Crippen LogP contribution in [0.15, 0.2) is 24.4 Å². The first-order chi connectivity index (χ1) is 9.72. The molecule has 2 aliphatic rings. The predicted octanol–water partition coefficient (Wildman–Crippen LogP) is 1.69. The van der Waals surface area contributed by atoms with Crippen molar-refractivity contribution in [1.82, 2.24) is 15.1 Å². The third kappa shape index (κ3) is 1.73. The summed E-state index contributed by atoms with van der Waals surface area (Å²) in [6, 6.07) is 6.06. The van der Waals surface area contributed by atoms with E-state index in [4.69, 9.17) is 0 Å². The zero-order chi connectivity index (χ0) is 13.7. The van der Waals surface area contributed by atoms with Gasteiger partial charge < -0.3 is 10.0 Å². The molecular formula is C15H17N3O2. The number of hydrogen-bond donors (Lipinski definition) is 2. The van der Waals surface area contributed by atoms with Gasteiger partial charge in [0.05, 0.1) is 17.8 Å². The highest BCUT2D eigenvalue weighted by Gasteiger charge is 2.42. The molecule has 3 heterocycles. The number of H-pyrrole nitrogens is 1. The summed E-state index contributed by atoms with van der Waals surface area (Å²) in [6.07, 6.45) is 4.97. The summed E-state index contributed by atoms with van der Waals surface area (Å²) in [4.78, 5) is 14.7. The summed E-state index contributed by atoms with van der Waals surface area (Å²) in [6.45, 7) is 0. The van der Waals surface area contributed by atoms with Gasteiger partial charge in [-0.2, -0.15) is 5.10 Å². The van der Waals surface area contributed by atoms with E-state index < -0.39 is 0 Å². The van der Waals surface area contributed by atoms with E-state index in [0.29, 0.717) is 18.4 Å². The number of carbonyl (C=O) groups excluding carboxylic acids is 1. The smallest absolute Gasteiger partial charge is 0.254 e. The molecule has 104 valence electrons. The van der Waals surface area contributed by atoms with E-state index in [9.17, 15) is 9.90 Å². The minimum atomic E-state index is -0.244. The molecule has 2 unspecified atom stereocenters. The molecule has 5 nitrogen and oxygen atoms in total. The maximum atomic E-state index is 12.7. The molecule has 0 spiro atoms. The van der Waals surface area contributed by atoms with Crippen LogP contribution in [0, 0.1) is 0 Å². The highest BCUT2D eigenvalue weighted by Crippen LogP contribution is 2.36. The summed E-state index contributed by atoms with van der Waals surface area (Å²) < 4.78 is 0. The van der Waals surface area contributed by atoms with E-state index in [2.05, 4.69) is 10.2 Å². The number of hydrogen-bond acceptors (Lipinski definition) is 3. The number of aliphatic hydroxyl groups excluding tert-OH is 1. The SMILES string of the molecule is O=C(c1ccc2cn[nH]c2c1)N1C2CCC1CC(O)C2. The van der Waals surface area contributed by atoms with Gasteiger partial charge in [0.1, 0.15) is 0 Å². The van der Waals surface area contributed by atoms with Crippen molar-refractivity contribution in [3.05, 3.63) is 30.0 Å². The highest BCUT2D eigenvalue weighted by molar-refractivity contribution is 5.98. The largest absolute Gasteiger partial charge is 0.393 e. The first-order valence-corrected chi connectivity index (χ1v) is 7.16. The average Bonchev–Trinajstić information content (AvgIpc) is 3.00. The molecular weight excluding hydrogens is 254 g/mol. The predicted molar refractivity (Wildman–Crippen MR) is 74.3 cm³/mol. The van der Waals surface area contributed by atoms with Crippen LogP contribution in [0.1, 0.15) is 36.0 Å². The first-order valence-electron chi connectivity index (χ1n) is 7.16. The Labute approximate surface area is 116 Å². The summed E-state index contributed by atoms with van der Waals surface area (Å²) in [5, 5.41) is 17.7. The van der Waals surface area contributed by atoms with Crippen LogP contribution in [0.25, 0.3) is 10.9 Å². The van der Waals surface area contributed by atoms with Gasteiger partial charge in [-0.15, -0.1) is 0 Å². The molecule has 2 aromatic rings. The van der Waals surface area contributed by atoms with E-state index in [-0.39, 0.29) is 24.1 Å². The van der Waals surface area contributed by atoms with Crippen LogP contribution in [-0.4, -0.2) is 44.3 Å². The van der Waals surface area contributed by atoms with Crippen LogP contribution in [0.5, 0.6) is 0 Å². The molecule has 5 heteroatoms. The Hall–Kier alpha value is -1.88. The van der Waals surface area contributed by atoms with Gasteiger partial charge in [0.25, 0.3) is 5.91 Å². The molecule has 0 radical (unpaired) electrons. The fourth-order valence-corrected chi connectivity index (χ4v) is 3.70. The van der Waals surface area contributed by atoms with Crippen LogP contribution in [-0.2, 0) is 0 Å². The van der Waals surface area contributed by atoms with Crippen LogP contribution in [0.3, 0.4) is 0 Å². The molecule has 1 amide bonds. The summed E-state index contributed by atoms with van der Waals surface area (Å²) in [7, 11) is 0. The van der Waals surface area contributed by atoms with Gasteiger partial charge in [0, 0.05) is 23.0 Å². The minimum absolute atomic E-state index is 0.0842. The number of benzene rings is 1. The molecule has 2 N–H and O–H groups in total. The lowest BCUT2D eigenvalue weighted by Gasteiger charge is -2.37. The first kappa shape index (κ1) is 11.9. The molecule has 1 aromatic heterocycles. The monoisotopic (exact) mass is 271 g/mol. The third-order valence-electron chi connectivity index (χ3n) is 4.63. The molecule has 4 rings (SSSR count). The second kappa shape index (κ2) is 4.31. The van der Waals surface area contributed by atoms with E-state index in [1.54, 1.807) is 6.20 Å². The topological polar surface area (TPSA) is 69.2 Å². The molecule has 2 aliphatic heterocycles. The fourth-order valence-electron chi connectivity index (χ4n) is 3.70. The Balaban J connectivity index is 1.66. The van der Waals surface area contributed by atoms with Crippen molar-refractivity contribution in [2.45, 2.75) is 43.9 Å². The number of nitrogens with zero attached hydrogens (tertiary/aromatic N) is 2. The number of amides is 1. The standard InChI is InChI=1S/C15H17N3O2/c19-13-6-11-3-4-12(7-13)18(11)15(20)9-1-2-10-8-16-17-14(10)5-9/h1-2,5,8,11-13,19H,3-4,6-7H2,(H,16,17). The van der Waals surface area contributed by atoms with Crippen LogP contribution in [0.2, 0.25) is 0 Å². The van der Waals surface area contributed by atoms with Crippen LogP contribution >= 0.6 is 0 Å². The number of carbonyl (C=O) groups is 1. The molecule has 2 bridgehead atoms. The molecule has 1 aromatic carbocycles. The van der Waals surface area contributed by atoms with Crippen LogP contribution in [0.4, 0.5) is 0 Å². The Morgan fingerprint density at radius 2 is 2.05 bits per heavy atom. The number of aromatic nitrogens is 2. The van der Waals surface area contributed by atoms with Gasteiger partial charge in [-0.05, 0) is 37.8 Å². The molecule has 20 heavy (non-hydrogen) atoms. The van der Waals surface area contributed by atoms with Gasteiger partial charge >= 0.3 is 0 Å². The van der Waals surface area contributed by atoms with Crippen molar-refractivity contribution < 1.29 is 9.90 Å². The summed E-state index contributed by atoms with van der Waals surface area (Å²) in [5.41, 5.74) is 1.59. The van der Waals surface area contributed by atoms with Gasteiger partial charge in [-0.1, -0.05) is 6.07 Å². The van der Waals surface area contributed by atoms with Crippen LogP contribution < -0.4 is 0 Å². The number of aliphatic hydroxyl groups is 1. The van der Waals surface area contributed by atoms with Gasteiger partial charge in [0.15, 0.2) is 0 Å². The molecule has 0 aliphatic carbocycles. The van der Waals surface area contributed by atoms with Crippen molar-refractivity contribution in [3.63, 3.8) is 0 Å². The Kier molecular flexibility index (Phi) is 2.57. The number of nitrogens with one attached hydrogen (secondary N) is 1. The number of aromatic amines is 1. The van der Waals surface area contributed by atoms with Crippen molar-refractivity contribution in [2.24, 2.45) is 0 Å². The van der Waals surface area contributed by atoms with E-state index >= 15 is 0 Å². The Bertz CT molecular complexity index is 652. The Morgan fingerprint density at radius 1 is 1.30 bits per heavy atom. The van der Waals surface area contributed by atoms with Crippen molar-refractivity contribution >= 4 is 16.8 Å². The van der Waals surface area contributed by atoms with Gasteiger partial charge in [0.2, 0.25) is 0 Å². The lowest BCUT2D eigenvalue weighted by atomic mass is 9.98. The van der Waals surface area contributed by atoms with E-state index in [1.165, 1.54) is 0 Å². The zero-order valence-corrected chi connectivity index (χ0v) is 11.1. The second-order valence-corrected chi connectivity index (χ2v) is 5.89. The molecule has 2 fully saturated rings. The quantitative estimate of drug-likeness (QED) is 0.829. The maximum absolute atomic E-state index is 12.7. The normalized spacial score (nSPS) is 29.1.